The van der Waals surface area contributed by atoms with Crippen molar-refractivity contribution < 1.29 is 22.0 Å². The highest BCUT2D eigenvalue weighted by molar-refractivity contribution is 9.10. The molecule has 0 aliphatic rings. The van der Waals surface area contributed by atoms with Gasteiger partial charge in [0.1, 0.15) is 5.69 Å². The quantitative estimate of drug-likeness (QED) is 0.510. The van der Waals surface area contributed by atoms with E-state index in [0.717, 1.165) is 0 Å². The van der Waals surface area contributed by atoms with Gasteiger partial charge in [-0.25, -0.2) is 22.0 Å². The molecule has 0 saturated carbocycles. The average Bonchev–Trinajstić information content (AvgIpc) is 2.45. The second kappa shape index (κ2) is 5.74. The molecule has 0 unspecified atom stereocenters. The van der Waals surface area contributed by atoms with Crippen molar-refractivity contribution in [1.82, 2.24) is 4.98 Å². The van der Waals surface area contributed by atoms with Gasteiger partial charge in [0.25, 0.3) is 0 Å². The van der Waals surface area contributed by atoms with Crippen LogP contribution in [-0.4, -0.2) is 4.98 Å². The van der Waals surface area contributed by atoms with E-state index in [4.69, 9.17) is 0 Å². The number of aromatic nitrogens is 1. The highest BCUT2D eigenvalue weighted by Gasteiger charge is 2.25. The number of hydrogen-bond acceptors (Lipinski definition) is 2. The molecule has 1 aromatic carbocycles. The Labute approximate surface area is 118 Å². The summed E-state index contributed by atoms with van der Waals surface area (Å²) >= 11 is 3.15. The second-order valence-electron chi connectivity index (χ2n) is 3.77. The van der Waals surface area contributed by atoms with E-state index in [0.29, 0.717) is 10.2 Å². The van der Waals surface area contributed by atoms with Crippen LogP contribution >= 0.6 is 15.9 Å². The molecule has 1 aromatic heterocycles. The summed E-state index contributed by atoms with van der Waals surface area (Å²) in [4.78, 5) is 3.90. The average molecular weight is 353 g/mol. The lowest BCUT2D eigenvalue weighted by Crippen LogP contribution is -2.10. The first kappa shape index (κ1) is 14.7. The second-order valence-corrected chi connectivity index (χ2v) is 4.68. The van der Waals surface area contributed by atoms with Crippen molar-refractivity contribution in [2.45, 2.75) is 6.54 Å². The zero-order valence-corrected chi connectivity index (χ0v) is 11.2. The molecular weight excluding hydrogens is 347 g/mol. The van der Waals surface area contributed by atoms with Crippen molar-refractivity contribution in [3.63, 3.8) is 0 Å². The molecule has 0 spiro atoms. The maximum atomic E-state index is 13.4. The molecule has 2 aromatic rings. The summed E-state index contributed by atoms with van der Waals surface area (Å²) < 4.78 is 66.2. The van der Waals surface area contributed by atoms with Crippen molar-refractivity contribution in [2.24, 2.45) is 0 Å². The molecule has 1 N–H and O–H groups in total. The molecule has 0 aliphatic carbocycles. The summed E-state index contributed by atoms with van der Waals surface area (Å²) in [5.41, 5.74) is -0.705. The van der Waals surface area contributed by atoms with E-state index in [1.54, 1.807) is 6.07 Å². The van der Waals surface area contributed by atoms with Gasteiger partial charge in [0.15, 0.2) is 23.3 Å². The summed E-state index contributed by atoms with van der Waals surface area (Å²) in [7, 11) is 0. The third-order valence-electron chi connectivity index (χ3n) is 2.44. The van der Waals surface area contributed by atoms with Gasteiger partial charge in [0.05, 0.1) is 12.2 Å². The SMILES string of the molecule is Fc1c(F)c(F)c(NCc2ccc(Br)cn2)c(F)c1F. The molecule has 8 heteroatoms. The van der Waals surface area contributed by atoms with Crippen molar-refractivity contribution >= 4 is 21.6 Å². The molecule has 0 saturated heterocycles. The standard InChI is InChI=1S/C12H6BrF5N2/c13-5-1-2-6(19-3-5)4-20-12-10(17)8(15)7(14)9(16)11(12)18/h1-3,20H,4H2. The van der Waals surface area contributed by atoms with Crippen LogP contribution in [0.15, 0.2) is 22.8 Å². The predicted molar refractivity (Wildman–Crippen MR) is 65.5 cm³/mol. The van der Waals surface area contributed by atoms with Crippen LogP contribution in [-0.2, 0) is 6.54 Å². The topological polar surface area (TPSA) is 24.9 Å². The number of halogens is 6. The molecule has 0 fully saturated rings. The van der Waals surface area contributed by atoms with Crippen molar-refractivity contribution in [3.8, 4) is 0 Å². The minimum atomic E-state index is -2.19. The molecule has 0 bridgehead atoms. The minimum absolute atomic E-state index is 0.189. The highest BCUT2D eigenvalue weighted by Crippen LogP contribution is 2.27. The number of hydrogen-bond donors (Lipinski definition) is 1. The predicted octanol–water partition coefficient (Wildman–Crippen LogP) is 4.15. The maximum Gasteiger partial charge on any atom is 0.200 e. The lowest BCUT2D eigenvalue weighted by Gasteiger charge is -2.10. The van der Waals surface area contributed by atoms with Gasteiger partial charge in [-0.1, -0.05) is 0 Å². The zero-order chi connectivity index (χ0) is 14.9. The Hall–Kier alpha value is -1.70. The van der Waals surface area contributed by atoms with Crippen LogP contribution in [0.1, 0.15) is 5.69 Å². The first-order chi connectivity index (χ1) is 9.41. The third-order valence-corrected chi connectivity index (χ3v) is 2.91. The van der Waals surface area contributed by atoms with E-state index in [1.807, 2.05) is 0 Å². The van der Waals surface area contributed by atoms with Gasteiger partial charge in [-0.05, 0) is 28.1 Å². The molecule has 0 amide bonds. The fourth-order valence-corrected chi connectivity index (χ4v) is 1.68. The highest BCUT2D eigenvalue weighted by atomic mass is 79.9. The molecule has 0 atom stereocenters. The van der Waals surface area contributed by atoms with E-state index in [1.165, 1.54) is 12.3 Å². The number of rotatable bonds is 3. The summed E-state index contributed by atoms with van der Waals surface area (Å²) in [6, 6.07) is 3.16. The van der Waals surface area contributed by atoms with Crippen LogP contribution in [0.2, 0.25) is 0 Å². The summed E-state index contributed by atoms with van der Waals surface area (Å²) in [5, 5.41) is 2.15. The van der Waals surface area contributed by atoms with E-state index >= 15 is 0 Å². The van der Waals surface area contributed by atoms with Crippen LogP contribution < -0.4 is 5.32 Å². The van der Waals surface area contributed by atoms with Gasteiger partial charge in [0.2, 0.25) is 5.82 Å². The summed E-state index contributed by atoms with van der Waals surface area (Å²) in [6.07, 6.45) is 1.44. The van der Waals surface area contributed by atoms with Crippen LogP contribution in [0.25, 0.3) is 0 Å². The van der Waals surface area contributed by atoms with Gasteiger partial charge in [-0.3, -0.25) is 4.98 Å². The third kappa shape index (κ3) is 2.74. The lowest BCUT2D eigenvalue weighted by molar-refractivity contribution is 0.381. The Morgan fingerprint density at radius 1 is 0.900 bits per heavy atom. The number of nitrogens with zero attached hydrogens (tertiary/aromatic N) is 1. The molecule has 0 aliphatic heterocycles. The smallest absolute Gasteiger partial charge is 0.200 e. The normalized spacial score (nSPS) is 10.7. The Bertz CT molecular complexity index is 616. The molecular formula is C12H6BrF5N2. The Balaban J connectivity index is 2.28. The first-order valence-corrected chi connectivity index (χ1v) is 6.07. The van der Waals surface area contributed by atoms with Crippen molar-refractivity contribution in [2.75, 3.05) is 5.32 Å². The molecule has 2 rings (SSSR count). The Morgan fingerprint density at radius 3 is 1.95 bits per heavy atom. The van der Waals surface area contributed by atoms with Crippen LogP contribution in [0, 0.1) is 29.1 Å². The fraction of sp³-hybridized carbons (Fsp3) is 0.0833. The van der Waals surface area contributed by atoms with Gasteiger partial charge >= 0.3 is 0 Å². The van der Waals surface area contributed by atoms with Crippen LogP contribution in [0.3, 0.4) is 0 Å². The molecule has 106 valence electrons. The fourth-order valence-electron chi connectivity index (χ4n) is 1.45. The monoisotopic (exact) mass is 352 g/mol. The molecule has 20 heavy (non-hydrogen) atoms. The van der Waals surface area contributed by atoms with Gasteiger partial charge in [-0.15, -0.1) is 0 Å². The summed E-state index contributed by atoms with van der Waals surface area (Å²) in [6.45, 7) is -0.189. The van der Waals surface area contributed by atoms with Gasteiger partial charge < -0.3 is 5.32 Å². The number of nitrogens with one attached hydrogen (secondary N) is 1. The maximum absolute atomic E-state index is 13.4. The first-order valence-electron chi connectivity index (χ1n) is 5.27. The molecule has 1 heterocycles. The zero-order valence-electron chi connectivity index (χ0n) is 9.65. The number of anilines is 1. The van der Waals surface area contributed by atoms with E-state index in [2.05, 4.69) is 26.2 Å². The lowest BCUT2D eigenvalue weighted by atomic mass is 10.2. The van der Waals surface area contributed by atoms with Gasteiger partial charge in [0, 0.05) is 10.7 Å². The van der Waals surface area contributed by atoms with Crippen LogP contribution in [0.5, 0.6) is 0 Å². The number of benzene rings is 1. The Morgan fingerprint density at radius 2 is 1.45 bits per heavy atom. The summed E-state index contributed by atoms with van der Waals surface area (Å²) in [5.74, 6) is -9.98. The number of pyridine rings is 1. The van der Waals surface area contributed by atoms with Crippen molar-refractivity contribution in [3.05, 3.63) is 57.6 Å². The van der Waals surface area contributed by atoms with Crippen molar-refractivity contribution in [1.29, 1.82) is 0 Å². The van der Waals surface area contributed by atoms with Gasteiger partial charge in [-0.2, -0.15) is 0 Å². The minimum Gasteiger partial charge on any atom is -0.374 e. The van der Waals surface area contributed by atoms with E-state index in [-0.39, 0.29) is 6.54 Å². The Kier molecular flexibility index (Phi) is 4.22. The van der Waals surface area contributed by atoms with Crippen LogP contribution in [0.4, 0.5) is 27.6 Å². The van der Waals surface area contributed by atoms with E-state index in [9.17, 15) is 22.0 Å². The largest absolute Gasteiger partial charge is 0.374 e. The molecule has 0 radical (unpaired) electrons. The van der Waals surface area contributed by atoms with E-state index < -0.39 is 34.8 Å². The molecule has 2 nitrogen and oxygen atoms in total.